The average Bonchev–Trinajstić information content (AvgIpc) is 2.76. The van der Waals surface area contributed by atoms with Crippen LogP contribution in [0, 0.1) is 12.7 Å². The van der Waals surface area contributed by atoms with Gasteiger partial charge < -0.3 is 4.57 Å². The summed E-state index contributed by atoms with van der Waals surface area (Å²) in [5.41, 5.74) is 1.47. The smallest absolute Gasteiger partial charge is 0.164 e. The summed E-state index contributed by atoms with van der Waals surface area (Å²) in [7, 11) is 0. The normalized spacial score (nSPS) is 10.9. The number of nitrogens with zero attached hydrogens (tertiary/aromatic N) is 3. The van der Waals surface area contributed by atoms with Crippen LogP contribution in [0.4, 0.5) is 4.39 Å². The van der Waals surface area contributed by atoms with Gasteiger partial charge in [-0.2, -0.15) is 0 Å². The van der Waals surface area contributed by atoms with E-state index < -0.39 is 0 Å². The number of hydrogen-bond acceptors (Lipinski definition) is 2. The van der Waals surface area contributed by atoms with Crippen LogP contribution in [0.15, 0.2) is 18.2 Å². The van der Waals surface area contributed by atoms with Crippen molar-refractivity contribution < 1.29 is 4.39 Å². The van der Waals surface area contributed by atoms with Gasteiger partial charge in [0, 0.05) is 12.1 Å². The average molecular weight is 268 g/mol. The molecule has 0 fully saturated rings. The molecule has 5 heteroatoms. The van der Waals surface area contributed by atoms with Crippen molar-refractivity contribution in [2.24, 2.45) is 0 Å². The van der Waals surface area contributed by atoms with E-state index in [-0.39, 0.29) is 5.82 Å². The fourth-order valence-electron chi connectivity index (χ4n) is 1.89. The molecule has 0 amide bonds. The van der Waals surface area contributed by atoms with Crippen LogP contribution in [0.1, 0.15) is 24.7 Å². The SMILES string of the molecule is CCCn1c(CCl)nnc1-c1ccc(F)c(C)c1. The minimum atomic E-state index is -0.210. The number of aromatic nitrogens is 3. The summed E-state index contributed by atoms with van der Waals surface area (Å²) in [5.74, 6) is 1.61. The van der Waals surface area contributed by atoms with E-state index in [9.17, 15) is 4.39 Å². The van der Waals surface area contributed by atoms with Crippen molar-refractivity contribution in [2.75, 3.05) is 0 Å². The molecule has 0 aliphatic carbocycles. The van der Waals surface area contributed by atoms with Crippen molar-refractivity contribution >= 4 is 11.6 Å². The van der Waals surface area contributed by atoms with Crippen LogP contribution in [-0.2, 0) is 12.4 Å². The molecule has 0 unspecified atom stereocenters. The van der Waals surface area contributed by atoms with E-state index >= 15 is 0 Å². The van der Waals surface area contributed by atoms with Gasteiger partial charge in [-0.25, -0.2) is 4.39 Å². The summed E-state index contributed by atoms with van der Waals surface area (Å²) in [6.45, 7) is 4.63. The van der Waals surface area contributed by atoms with Crippen molar-refractivity contribution in [3.05, 3.63) is 35.4 Å². The lowest BCUT2D eigenvalue weighted by Crippen LogP contribution is -2.04. The summed E-state index contributed by atoms with van der Waals surface area (Å²) in [6, 6.07) is 4.95. The number of hydrogen-bond donors (Lipinski definition) is 0. The van der Waals surface area contributed by atoms with Crippen LogP contribution >= 0.6 is 11.6 Å². The van der Waals surface area contributed by atoms with E-state index in [0.29, 0.717) is 11.4 Å². The van der Waals surface area contributed by atoms with Gasteiger partial charge in [0.15, 0.2) is 5.82 Å². The molecule has 2 rings (SSSR count). The Morgan fingerprint density at radius 2 is 2.11 bits per heavy atom. The van der Waals surface area contributed by atoms with Crippen molar-refractivity contribution in [1.82, 2.24) is 14.8 Å². The molecule has 2 aromatic rings. The van der Waals surface area contributed by atoms with Crippen LogP contribution in [0.5, 0.6) is 0 Å². The first-order valence-corrected chi connectivity index (χ1v) is 6.45. The van der Waals surface area contributed by atoms with E-state index in [2.05, 4.69) is 17.1 Å². The zero-order chi connectivity index (χ0) is 13.1. The van der Waals surface area contributed by atoms with Crippen LogP contribution in [0.25, 0.3) is 11.4 Å². The maximum absolute atomic E-state index is 13.3. The van der Waals surface area contributed by atoms with Gasteiger partial charge in [-0.15, -0.1) is 21.8 Å². The highest BCUT2D eigenvalue weighted by atomic mass is 35.5. The fourth-order valence-corrected chi connectivity index (χ4v) is 2.09. The lowest BCUT2D eigenvalue weighted by molar-refractivity contribution is 0.618. The van der Waals surface area contributed by atoms with Gasteiger partial charge in [0.05, 0.1) is 5.88 Å². The molecular weight excluding hydrogens is 253 g/mol. The summed E-state index contributed by atoms with van der Waals surface area (Å²) in [6.07, 6.45) is 0.967. The molecule has 0 radical (unpaired) electrons. The van der Waals surface area contributed by atoms with Gasteiger partial charge in [0.1, 0.15) is 11.6 Å². The molecule has 0 saturated heterocycles. The van der Waals surface area contributed by atoms with Gasteiger partial charge in [-0.05, 0) is 37.1 Å². The third-order valence-electron chi connectivity index (χ3n) is 2.81. The van der Waals surface area contributed by atoms with Gasteiger partial charge in [-0.3, -0.25) is 0 Å². The second-order valence-electron chi connectivity index (χ2n) is 4.19. The summed E-state index contributed by atoms with van der Waals surface area (Å²) < 4.78 is 15.3. The van der Waals surface area contributed by atoms with Crippen molar-refractivity contribution in [2.45, 2.75) is 32.7 Å². The molecule has 0 atom stereocenters. The van der Waals surface area contributed by atoms with E-state index in [1.165, 1.54) is 6.07 Å². The quantitative estimate of drug-likeness (QED) is 0.794. The molecule has 1 aromatic carbocycles. The zero-order valence-electron chi connectivity index (χ0n) is 10.5. The third-order valence-corrected chi connectivity index (χ3v) is 3.05. The number of alkyl halides is 1. The predicted molar refractivity (Wildman–Crippen MR) is 70.0 cm³/mol. The minimum absolute atomic E-state index is 0.210. The van der Waals surface area contributed by atoms with Crippen molar-refractivity contribution in [3.8, 4) is 11.4 Å². The molecule has 0 spiro atoms. The molecule has 0 aliphatic heterocycles. The Morgan fingerprint density at radius 1 is 1.33 bits per heavy atom. The molecule has 3 nitrogen and oxygen atoms in total. The summed E-state index contributed by atoms with van der Waals surface area (Å²) in [4.78, 5) is 0. The third kappa shape index (κ3) is 2.38. The second kappa shape index (κ2) is 5.48. The predicted octanol–water partition coefficient (Wildman–Crippen LogP) is 3.54. The first kappa shape index (κ1) is 13.0. The Hall–Kier alpha value is -1.42. The summed E-state index contributed by atoms with van der Waals surface area (Å²) in [5, 5.41) is 8.22. The van der Waals surface area contributed by atoms with Gasteiger partial charge in [-0.1, -0.05) is 6.92 Å². The molecule has 0 aliphatic rings. The number of rotatable bonds is 4. The Bertz CT molecular complexity index is 551. The fraction of sp³-hybridized carbons (Fsp3) is 0.385. The Balaban J connectivity index is 2.49. The lowest BCUT2D eigenvalue weighted by atomic mass is 10.1. The second-order valence-corrected chi connectivity index (χ2v) is 4.46. The molecule has 0 saturated carbocycles. The van der Waals surface area contributed by atoms with Gasteiger partial charge in [0.25, 0.3) is 0 Å². The van der Waals surface area contributed by atoms with Gasteiger partial charge >= 0.3 is 0 Å². The molecular formula is C13H15ClFN3. The largest absolute Gasteiger partial charge is 0.310 e. The first-order valence-electron chi connectivity index (χ1n) is 5.92. The van der Waals surface area contributed by atoms with E-state index in [1.54, 1.807) is 19.1 Å². The monoisotopic (exact) mass is 267 g/mol. The molecule has 0 bridgehead atoms. The summed E-state index contributed by atoms with van der Waals surface area (Å²) >= 11 is 5.84. The number of benzene rings is 1. The van der Waals surface area contributed by atoms with E-state index in [0.717, 1.165) is 30.2 Å². The van der Waals surface area contributed by atoms with E-state index in [1.807, 2.05) is 4.57 Å². The van der Waals surface area contributed by atoms with Crippen LogP contribution in [0.3, 0.4) is 0 Å². The first-order chi connectivity index (χ1) is 8.67. The number of aryl methyl sites for hydroxylation is 1. The molecule has 1 aromatic heterocycles. The Kier molecular flexibility index (Phi) is 3.97. The Morgan fingerprint density at radius 3 is 2.72 bits per heavy atom. The highest BCUT2D eigenvalue weighted by molar-refractivity contribution is 6.16. The lowest BCUT2D eigenvalue weighted by Gasteiger charge is -2.08. The van der Waals surface area contributed by atoms with Crippen molar-refractivity contribution in [3.63, 3.8) is 0 Å². The number of halogens is 2. The van der Waals surface area contributed by atoms with Crippen LogP contribution in [-0.4, -0.2) is 14.8 Å². The molecule has 1 heterocycles. The molecule has 96 valence electrons. The van der Waals surface area contributed by atoms with Crippen molar-refractivity contribution in [1.29, 1.82) is 0 Å². The van der Waals surface area contributed by atoms with Gasteiger partial charge in [0.2, 0.25) is 0 Å². The molecule has 18 heavy (non-hydrogen) atoms. The van der Waals surface area contributed by atoms with Crippen LogP contribution in [0.2, 0.25) is 0 Å². The standard InChI is InChI=1S/C13H15ClFN3/c1-3-6-18-12(8-14)16-17-13(18)10-4-5-11(15)9(2)7-10/h4-5,7H,3,6,8H2,1-2H3. The van der Waals surface area contributed by atoms with E-state index in [4.69, 9.17) is 11.6 Å². The van der Waals surface area contributed by atoms with Crippen LogP contribution < -0.4 is 0 Å². The maximum atomic E-state index is 13.3. The Labute approximate surface area is 111 Å². The zero-order valence-corrected chi connectivity index (χ0v) is 11.2. The maximum Gasteiger partial charge on any atom is 0.164 e. The highest BCUT2D eigenvalue weighted by Crippen LogP contribution is 2.22. The minimum Gasteiger partial charge on any atom is -0.310 e. The highest BCUT2D eigenvalue weighted by Gasteiger charge is 2.13. The molecule has 0 N–H and O–H groups in total. The topological polar surface area (TPSA) is 30.7 Å².